The van der Waals surface area contributed by atoms with Gasteiger partial charge in [0.2, 0.25) is 11.6 Å². The zero-order valence-electron chi connectivity index (χ0n) is 23.1. The van der Waals surface area contributed by atoms with Crippen molar-refractivity contribution in [3.8, 4) is 0 Å². The molecule has 0 unspecified atom stereocenters. The Hall–Kier alpha value is -1.08. The van der Waals surface area contributed by atoms with Crippen molar-refractivity contribution >= 4 is 31.6 Å². The van der Waals surface area contributed by atoms with E-state index in [1.54, 1.807) is 0 Å². The van der Waals surface area contributed by atoms with Gasteiger partial charge in [-0.3, -0.25) is 9.59 Å². The highest BCUT2D eigenvalue weighted by atomic mass is 32.3. The summed E-state index contributed by atoms with van der Waals surface area (Å²) in [7, 11) is -12.8. The van der Waals surface area contributed by atoms with Crippen molar-refractivity contribution in [2.45, 2.75) is 113 Å². The van der Waals surface area contributed by atoms with Gasteiger partial charge in [-0.05, 0) is 136 Å². The number of nitrogens with one attached hydrogen (secondary N) is 1. The number of hydrogen-bond acceptors (Lipinski definition) is 6. The second-order valence-corrected chi connectivity index (χ2v) is 18.5. The molecule has 1 N–H and O–H groups in total. The lowest BCUT2D eigenvalue weighted by atomic mass is 9.48. The Kier molecular flexibility index (Phi) is 7.10. The van der Waals surface area contributed by atoms with Crippen LogP contribution in [0.3, 0.4) is 0 Å². The number of rotatable bonds is 12. The van der Waals surface area contributed by atoms with Crippen molar-refractivity contribution in [1.82, 2.24) is 4.13 Å². The molecule has 0 heterocycles. The standard InChI is InChI=1S/C28H39F4NO6S2/c29-27(30,23(34)1-3-25-11-17-5-18(12-25)7-19(6-17)13-25)40(36,37)33-41(38,39)28(31,32)24(35)2-4-26-14-20-8-21(15-26)10-22(9-20)16-26/h17-22,33H,1-16H2. The molecule has 8 saturated carbocycles. The van der Waals surface area contributed by atoms with Gasteiger partial charge < -0.3 is 0 Å². The Morgan fingerprint density at radius 2 is 0.805 bits per heavy atom. The van der Waals surface area contributed by atoms with E-state index in [0.29, 0.717) is 39.6 Å². The summed E-state index contributed by atoms with van der Waals surface area (Å²) >= 11 is 0. The zero-order valence-corrected chi connectivity index (χ0v) is 24.7. The van der Waals surface area contributed by atoms with Crippen LogP contribution < -0.4 is 4.13 Å². The van der Waals surface area contributed by atoms with Gasteiger partial charge in [0, 0.05) is 12.8 Å². The Morgan fingerprint density at radius 3 is 1.05 bits per heavy atom. The van der Waals surface area contributed by atoms with Crippen LogP contribution in [0.4, 0.5) is 17.6 Å². The van der Waals surface area contributed by atoms with Crippen molar-refractivity contribution in [3.63, 3.8) is 0 Å². The Balaban J connectivity index is 1.08. The van der Waals surface area contributed by atoms with E-state index in [1.165, 1.54) is 0 Å². The van der Waals surface area contributed by atoms with E-state index >= 15 is 0 Å². The van der Waals surface area contributed by atoms with Crippen molar-refractivity contribution in [2.24, 2.45) is 46.3 Å². The summed E-state index contributed by atoms with van der Waals surface area (Å²) in [4.78, 5) is 24.9. The molecule has 8 aliphatic rings. The SMILES string of the molecule is O=C(CCC12CC3CC(CC(C3)C1)C2)C(F)(F)S(=O)(=O)NS(=O)(=O)C(F)(F)C(=O)CCC12CC3CC(CC(C3)C1)C2. The van der Waals surface area contributed by atoms with Gasteiger partial charge in [-0.25, -0.2) is 16.8 Å². The van der Waals surface area contributed by atoms with Gasteiger partial charge in [0.1, 0.15) is 0 Å². The Bertz CT molecular complexity index is 1160. The van der Waals surface area contributed by atoms with Gasteiger partial charge in [-0.2, -0.15) is 17.6 Å². The molecular weight excluding hydrogens is 586 g/mol. The fraction of sp³-hybridized carbons (Fsp3) is 0.929. The van der Waals surface area contributed by atoms with E-state index in [-0.39, 0.29) is 23.7 Å². The maximum absolute atomic E-state index is 14.9. The molecule has 0 aromatic heterocycles. The van der Waals surface area contributed by atoms with Crippen molar-refractivity contribution < 1.29 is 44.0 Å². The zero-order chi connectivity index (χ0) is 29.6. The Labute approximate surface area is 239 Å². The molecular formula is C28H39F4NO6S2. The molecule has 0 aliphatic heterocycles. The first-order valence-electron chi connectivity index (χ1n) is 15.0. The third-order valence-electron chi connectivity index (χ3n) is 11.6. The predicted octanol–water partition coefficient (Wildman–Crippen LogP) is 5.55. The highest BCUT2D eigenvalue weighted by Gasteiger charge is 2.61. The molecule has 8 rings (SSSR count). The quantitative estimate of drug-likeness (QED) is 0.285. The van der Waals surface area contributed by atoms with Gasteiger partial charge in [0.15, 0.2) is 0 Å². The molecule has 232 valence electrons. The third-order valence-corrected chi connectivity index (χ3v) is 15.2. The molecule has 8 bridgehead atoms. The van der Waals surface area contributed by atoms with Crippen LogP contribution in [0.2, 0.25) is 0 Å². The van der Waals surface area contributed by atoms with Crippen LogP contribution in [0.1, 0.15) is 103 Å². The lowest BCUT2D eigenvalue weighted by Crippen LogP contribution is -2.54. The minimum Gasteiger partial charge on any atom is -0.292 e. The normalized spacial score (nSPS) is 39.8. The first kappa shape index (κ1) is 30.0. The van der Waals surface area contributed by atoms with Crippen LogP contribution in [-0.2, 0) is 29.6 Å². The summed E-state index contributed by atoms with van der Waals surface area (Å²) < 4.78 is 109. The molecule has 0 aromatic carbocycles. The largest absolute Gasteiger partial charge is 0.416 e. The number of ketones is 2. The number of hydrogen-bond donors (Lipinski definition) is 1. The van der Waals surface area contributed by atoms with Crippen LogP contribution in [0.25, 0.3) is 0 Å². The molecule has 0 radical (unpaired) electrons. The molecule has 0 spiro atoms. The fourth-order valence-electron chi connectivity index (χ4n) is 10.8. The monoisotopic (exact) mass is 625 g/mol. The number of carbonyl (C=O) groups excluding carboxylic acids is 2. The number of halogens is 4. The molecule has 41 heavy (non-hydrogen) atoms. The van der Waals surface area contributed by atoms with Crippen molar-refractivity contribution in [3.05, 3.63) is 0 Å². The average molecular weight is 626 g/mol. The second-order valence-electron chi connectivity index (χ2n) is 14.8. The third kappa shape index (κ3) is 5.21. The van der Waals surface area contributed by atoms with E-state index in [2.05, 4.69) is 0 Å². The highest BCUT2D eigenvalue weighted by Crippen LogP contribution is 2.63. The predicted molar refractivity (Wildman–Crippen MR) is 141 cm³/mol. The van der Waals surface area contributed by atoms with Crippen LogP contribution in [0.5, 0.6) is 0 Å². The summed E-state index contributed by atoms with van der Waals surface area (Å²) in [5.74, 6) is -1.26. The van der Waals surface area contributed by atoms with Crippen molar-refractivity contribution in [2.75, 3.05) is 0 Å². The maximum atomic E-state index is 14.9. The van der Waals surface area contributed by atoms with E-state index < -0.39 is 55.0 Å². The lowest BCUT2D eigenvalue weighted by molar-refractivity contribution is -0.135. The minimum atomic E-state index is -6.42. The van der Waals surface area contributed by atoms with Gasteiger partial charge in [-0.1, -0.05) is 4.13 Å². The number of alkyl halides is 4. The van der Waals surface area contributed by atoms with Gasteiger partial charge in [-0.15, -0.1) is 0 Å². The highest BCUT2D eigenvalue weighted by molar-refractivity contribution is 8.06. The molecule has 7 nitrogen and oxygen atoms in total. The van der Waals surface area contributed by atoms with E-state index in [4.69, 9.17) is 0 Å². The summed E-state index contributed by atoms with van der Waals surface area (Å²) in [6, 6.07) is 0. The van der Waals surface area contributed by atoms with Crippen LogP contribution >= 0.6 is 0 Å². The second kappa shape index (κ2) is 9.71. The van der Waals surface area contributed by atoms with Crippen molar-refractivity contribution in [1.29, 1.82) is 0 Å². The van der Waals surface area contributed by atoms with Gasteiger partial charge in [0.25, 0.3) is 20.0 Å². The molecule has 0 aromatic rings. The number of Topliss-reactive ketones (excluding diaryl/α,β-unsaturated/α-hetero) is 2. The van der Waals surface area contributed by atoms with E-state index in [1.807, 2.05) is 0 Å². The van der Waals surface area contributed by atoms with Gasteiger partial charge >= 0.3 is 10.5 Å². The van der Waals surface area contributed by atoms with Crippen LogP contribution in [-0.4, -0.2) is 38.9 Å². The van der Waals surface area contributed by atoms with Gasteiger partial charge in [0.05, 0.1) is 0 Å². The Morgan fingerprint density at radius 1 is 0.561 bits per heavy atom. The molecule has 0 saturated heterocycles. The molecule has 8 fully saturated rings. The molecule has 8 aliphatic carbocycles. The first-order valence-corrected chi connectivity index (χ1v) is 18.0. The van der Waals surface area contributed by atoms with Crippen LogP contribution in [0.15, 0.2) is 0 Å². The number of carbonyl (C=O) groups is 2. The summed E-state index contributed by atoms with van der Waals surface area (Å²) in [5, 5.41) is -10.5. The smallest absolute Gasteiger partial charge is 0.292 e. The fourth-order valence-corrected chi connectivity index (χ4v) is 13.6. The first-order chi connectivity index (χ1) is 18.9. The summed E-state index contributed by atoms with van der Waals surface area (Å²) in [5.41, 5.74) is -0.639. The average Bonchev–Trinajstić information content (AvgIpc) is 2.83. The molecule has 0 atom stereocenters. The maximum Gasteiger partial charge on any atom is 0.416 e. The molecule has 13 heteroatoms. The summed E-state index contributed by atoms with van der Waals surface area (Å²) in [6.45, 7) is 0. The number of sulfonamides is 2. The summed E-state index contributed by atoms with van der Waals surface area (Å²) in [6.07, 6.45) is 9.67. The topological polar surface area (TPSA) is 114 Å². The van der Waals surface area contributed by atoms with Crippen LogP contribution in [0, 0.1) is 46.3 Å². The van der Waals surface area contributed by atoms with E-state index in [0.717, 1.165) is 77.0 Å². The molecule has 0 amide bonds. The lowest BCUT2D eigenvalue weighted by Gasteiger charge is -2.57. The van der Waals surface area contributed by atoms with E-state index in [9.17, 15) is 44.0 Å². The minimum absolute atomic E-state index is 0.0478.